The van der Waals surface area contributed by atoms with Gasteiger partial charge in [-0.25, -0.2) is 0 Å². The van der Waals surface area contributed by atoms with Gasteiger partial charge in [0.25, 0.3) is 0 Å². The number of thioether (sulfide) groups is 1. The Kier molecular flexibility index (Phi) is 6.40. The van der Waals surface area contributed by atoms with E-state index in [1.54, 1.807) is 11.8 Å². The molecular weight excluding hydrogens is 306 g/mol. The first kappa shape index (κ1) is 16.7. The summed E-state index contributed by atoms with van der Waals surface area (Å²) >= 11 is 2.87. The molecule has 0 aromatic carbocycles. The van der Waals surface area contributed by atoms with E-state index in [1.165, 1.54) is 11.5 Å². The lowest BCUT2D eigenvalue weighted by Crippen LogP contribution is -2.55. The lowest BCUT2D eigenvalue weighted by Gasteiger charge is -2.36. The van der Waals surface area contributed by atoms with Crippen molar-refractivity contribution in [2.24, 2.45) is 0 Å². The fourth-order valence-corrected chi connectivity index (χ4v) is 3.59. The summed E-state index contributed by atoms with van der Waals surface area (Å²) in [5, 5.41) is 7.61. The molecule has 0 spiro atoms. The molecule has 118 valence electrons. The van der Waals surface area contributed by atoms with Crippen molar-refractivity contribution < 1.29 is 4.79 Å². The monoisotopic (exact) mass is 329 g/mol. The Hall–Kier alpha value is -0.700. The number of rotatable bonds is 6. The summed E-state index contributed by atoms with van der Waals surface area (Å²) in [7, 11) is 0. The average molecular weight is 329 g/mol. The predicted octanol–water partition coefficient (Wildman–Crippen LogP) is 1.66. The standard InChI is InChI=1S/C13H23N5OS2/c1-4-5-20-13-16-12(21-17-13)15-11(19)8-18-7-9(2)14-6-10(18)3/h9-10,14H,4-8H2,1-3H3,(H,15,16,17,19). The number of amides is 1. The summed E-state index contributed by atoms with van der Waals surface area (Å²) in [6.07, 6.45) is 1.09. The molecule has 0 aliphatic carbocycles. The minimum absolute atomic E-state index is 0.0147. The summed E-state index contributed by atoms with van der Waals surface area (Å²) in [5.41, 5.74) is 0. The van der Waals surface area contributed by atoms with Gasteiger partial charge in [-0.3, -0.25) is 15.0 Å². The van der Waals surface area contributed by atoms with Crippen molar-refractivity contribution in [3.05, 3.63) is 0 Å². The van der Waals surface area contributed by atoms with Crippen LogP contribution in [0.2, 0.25) is 0 Å². The molecule has 2 N–H and O–H groups in total. The van der Waals surface area contributed by atoms with Crippen molar-refractivity contribution in [3.63, 3.8) is 0 Å². The van der Waals surface area contributed by atoms with E-state index < -0.39 is 0 Å². The lowest BCUT2D eigenvalue weighted by atomic mass is 10.1. The highest BCUT2D eigenvalue weighted by Crippen LogP contribution is 2.20. The number of anilines is 1. The van der Waals surface area contributed by atoms with Crippen molar-refractivity contribution in [2.75, 3.05) is 30.7 Å². The van der Waals surface area contributed by atoms with Crippen molar-refractivity contribution in [2.45, 2.75) is 44.4 Å². The predicted molar refractivity (Wildman–Crippen MR) is 88.1 cm³/mol. The number of nitrogens with zero attached hydrogens (tertiary/aromatic N) is 3. The molecule has 1 saturated heterocycles. The Morgan fingerprint density at radius 3 is 3.14 bits per heavy atom. The second-order valence-electron chi connectivity index (χ2n) is 5.37. The third kappa shape index (κ3) is 5.21. The first-order valence-corrected chi connectivity index (χ1v) is 9.08. The van der Waals surface area contributed by atoms with Gasteiger partial charge in [0, 0.05) is 42.5 Å². The van der Waals surface area contributed by atoms with Gasteiger partial charge in [0.05, 0.1) is 6.54 Å². The van der Waals surface area contributed by atoms with Gasteiger partial charge < -0.3 is 5.32 Å². The van der Waals surface area contributed by atoms with E-state index in [1.807, 2.05) is 0 Å². The minimum atomic E-state index is -0.0147. The highest BCUT2D eigenvalue weighted by Gasteiger charge is 2.24. The Balaban J connectivity index is 1.82. The smallest absolute Gasteiger partial charge is 0.240 e. The zero-order valence-corrected chi connectivity index (χ0v) is 14.4. The first-order chi connectivity index (χ1) is 10.1. The molecule has 0 bridgehead atoms. The topological polar surface area (TPSA) is 70.2 Å². The number of carbonyl (C=O) groups excluding carboxylic acids is 1. The largest absolute Gasteiger partial charge is 0.311 e. The molecule has 1 amide bonds. The summed E-state index contributed by atoms with van der Waals surface area (Å²) < 4.78 is 4.24. The Labute approximate surface area is 134 Å². The fourth-order valence-electron chi connectivity index (χ4n) is 2.17. The molecule has 0 radical (unpaired) electrons. The second-order valence-corrected chi connectivity index (χ2v) is 7.18. The van der Waals surface area contributed by atoms with Crippen LogP contribution in [0.1, 0.15) is 27.2 Å². The van der Waals surface area contributed by atoms with Crippen LogP contribution in [0.3, 0.4) is 0 Å². The van der Waals surface area contributed by atoms with Crippen LogP contribution in [0.4, 0.5) is 5.13 Å². The summed E-state index contributed by atoms with van der Waals surface area (Å²) in [6.45, 7) is 8.62. The molecule has 2 atom stereocenters. The van der Waals surface area contributed by atoms with E-state index in [2.05, 4.69) is 45.7 Å². The van der Waals surface area contributed by atoms with Gasteiger partial charge in [0.15, 0.2) is 0 Å². The van der Waals surface area contributed by atoms with Gasteiger partial charge in [0.1, 0.15) is 0 Å². The lowest BCUT2D eigenvalue weighted by molar-refractivity contribution is -0.118. The molecule has 21 heavy (non-hydrogen) atoms. The molecule has 1 aromatic rings. The van der Waals surface area contributed by atoms with Gasteiger partial charge in [-0.05, 0) is 20.3 Å². The third-order valence-corrected chi connectivity index (χ3v) is 5.13. The Bertz CT molecular complexity index is 467. The molecule has 2 rings (SSSR count). The van der Waals surface area contributed by atoms with Gasteiger partial charge in [0.2, 0.25) is 16.2 Å². The molecule has 8 heteroatoms. The van der Waals surface area contributed by atoms with Crippen LogP contribution in [0, 0.1) is 0 Å². The average Bonchev–Trinajstić information content (AvgIpc) is 2.88. The number of carbonyl (C=O) groups is 1. The van der Waals surface area contributed by atoms with E-state index in [4.69, 9.17) is 0 Å². The van der Waals surface area contributed by atoms with Crippen LogP contribution in [0.25, 0.3) is 0 Å². The van der Waals surface area contributed by atoms with E-state index in [9.17, 15) is 4.79 Å². The number of piperazine rings is 1. The second kappa shape index (κ2) is 8.07. The summed E-state index contributed by atoms with van der Waals surface area (Å²) in [5.74, 6) is 0.986. The van der Waals surface area contributed by atoms with Gasteiger partial charge in [-0.2, -0.15) is 9.36 Å². The molecule has 1 aliphatic heterocycles. The summed E-state index contributed by atoms with van der Waals surface area (Å²) in [6, 6.07) is 0.796. The quantitative estimate of drug-likeness (QED) is 0.774. The van der Waals surface area contributed by atoms with Gasteiger partial charge in [-0.1, -0.05) is 18.7 Å². The number of hydrogen-bond donors (Lipinski definition) is 2. The van der Waals surface area contributed by atoms with Crippen LogP contribution in [-0.2, 0) is 4.79 Å². The van der Waals surface area contributed by atoms with E-state index in [0.29, 0.717) is 23.8 Å². The normalized spacial score (nSPS) is 23.2. The third-order valence-electron chi connectivity index (χ3n) is 3.33. The summed E-state index contributed by atoms with van der Waals surface area (Å²) in [4.78, 5) is 18.6. The maximum Gasteiger partial charge on any atom is 0.240 e. The maximum absolute atomic E-state index is 12.1. The minimum Gasteiger partial charge on any atom is -0.311 e. The molecule has 1 fully saturated rings. The number of hydrogen-bond acceptors (Lipinski definition) is 7. The first-order valence-electron chi connectivity index (χ1n) is 7.32. The Morgan fingerprint density at radius 2 is 2.38 bits per heavy atom. The van der Waals surface area contributed by atoms with Crippen molar-refractivity contribution in [3.8, 4) is 0 Å². The highest BCUT2D eigenvalue weighted by molar-refractivity contribution is 7.99. The maximum atomic E-state index is 12.1. The molecule has 1 aromatic heterocycles. The SMILES string of the molecule is CCCSc1nsc(NC(=O)CN2CC(C)NCC2C)n1. The van der Waals surface area contributed by atoms with Crippen molar-refractivity contribution in [1.29, 1.82) is 0 Å². The zero-order valence-electron chi connectivity index (χ0n) is 12.8. The zero-order chi connectivity index (χ0) is 15.2. The van der Waals surface area contributed by atoms with Crippen LogP contribution in [0.5, 0.6) is 0 Å². The van der Waals surface area contributed by atoms with E-state index >= 15 is 0 Å². The van der Waals surface area contributed by atoms with Crippen LogP contribution in [-0.4, -0.2) is 57.6 Å². The van der Waals surface area contributed by atoms with E-state index in [-0.39, 0.29) is 5.91 Å². The molecular formula is C13H23N5OS2. The molecule has 2 unspecified atom stereocenters. The molecule has 0 saturated carbocycles. The Morgan fingerprint density at radius 1 is 1.57 bits per heavy atom. The molecule has 1 aliphatic rings. The molecule has 2 heterocycles. The van der Waals surface area contributed by atoms with Crippen molar-refractivity contribution >= 4 is 34.3 Å². The van der Waals surface area contributed by atoms with E-state index in [0.717, 1.165) is 30.4 Å². The fraction of sp³-hybridized carbons (Fsp3) is 0.769. The van der Waals surface area contributed by atoms with Crippen LogP contribution in [0.15, 0.2) is 5.16 Å². The van der Waals surface area contributed by atoms with Crippen molar-refractivity contribution in [1.82, 2.24) is 19.6 Å². The van der Waals surface area contributed by atoms with Crippen LogP contribution >= 0.6 is 23.3 Å². The van der Waals surface area contributed by atoms with Gasteiger partial charge in [-0.15, -0.1) is 0 Å². The van der Waals surface area contributed by atoms with Gasteiger partial charge >= 0.3 is 0 Å². The van der Waals surface area contributed by atoms with Crippen LogP contribution < -0.4 is 10.6 Å². The molecule has 6 nitrogen and oxygen atoms in total. The number of nitrogens with one attached hydrogen (secondary N) is 2. The number of aromatic nitrogens is 2. The highest BCUT2D eigenvalue weighted by atomic mass is 32.2.